The molecule has 3 rings (SSSR count). The number of rotatable bonds is 6. The van der Waals surface area contributed by atoms with Crippen molar-refractivity contribution in [2.75, 3.05) is 12.4 Å². The van der Waals surface area contributed by atoms with E-state index in [0.717, 1.165) is 23.0 Å². The largest absolute Gasteiger partial charge is 0.490 e. The van der Waals surface area contributed by atoms with E-state index in [2.05, 4.69) is 10.3 Å². The highest BCUT2D eigenvalue weighted by atomic mass is 32.1. The Morgan fingerprint density at radius 1 is 1.18 bits per heavy atom. The van der Waals surface area contributed by atoms with Gasteiger partial charge >= 0.3 is 5.69 Å². The maximum atomic E-state index is 12.5. The maximum Gasteiger partial charge on any atom is 0.311 e. The number of benzene rings is 2. The van der Waals surface area contributed by atoms with Crippen LogP contribution in [-0.2, 0) is 0 Å². The minimum absolute atomic E-state index is 0.0565. The molecule has 8 nitrogen and oxygen atoms in total. The first-order valence-electron chi connectivity index (χ1n) is 8.11. The minimum atomic E-state index is -0.625. The molecule has 9 heteroatoms. The van der Waals surface area contributed by atoms with Gasteiger partial charge in [-0.1, -0.05) is 41.7 Å². The van der Waals surface area contributed by atoms with Crippen LogP contribution in [0.3, 0.4) is 0 Å². The van der Waals surface area contributed by atoms with E-state index in [1.54, 1.807) is 0 Å². The monoisotopic (exact) mass is 397 g/mol. The molecule has 3 aromatic rings. The summed E-state index contributed by atoms with van der Waals surface area (Å²) >= 11 is 1.05. The first-order chi connectivity index (χ1) is 13.4. The second-order valence-corrected chi connectivity index (χ2v) is 6.72. The quantitative estimate of drug-likeness (QED) is 0.379. The van der Waals surface area contributed by atoms with Crippen molar-refractivity contribution in [2.24, 2.45) is 0 Å². The molecule has 0 radical (unpaired) electrons. The molecule has 28 heavy (non-hydrogen) atoms. The topological polar surface area (TPSA) is 111 Å². The van der Waals surface area contributed by atoms with E-state index in [1.807, 2.05) is 30.3 Å². The summed E-state index contributed by atoms with van der Waals surface area (Å²) in [5.41, 5.74) is 0.996. The van der Waals surface area contributed by atoms with Gasteiger partial charge in [0.15, 0.2) is 16.7 Å². The van der Waals surface area contributed by atoms with Gasteiger partial charge < -0.3 is 4.74 Å². The van der Waals surface area contributed by atoms with Gasteiger partial charge in [-0.2, -0.15) is 0 Å². The van der Waals surface area contributed by atoms with Crippen molar-refractivity contribution in [3.05, 3.63) is 69.1 Å². The third-order valence-corrected chi connectivity index (χ3v) is 4.92. The summed E-state index contributed by atoms with van der Waals surface area (Å²) in [4.78, 5) is 39.8. The van der Waals surface area contributed by atoms with Crippen molar-refractivity contribution >= 4 is 33.8 Å². The number of carbonyl (C=O) groups is 2. The number of ketones is 1. The molecule has 0 atom stereocenters. The molecular formula is C19H15N3O5S. The summed E-state index contributed by atoms with van der Waals surface area (Å²) in [5.74, 6) is -0.688. The Labute approximate surface area is 164 Å². The van der Waals surface area contributed by atoms with Crippen molar-refractivity contribution < 1.29 is 19.2 Å². The Balaban J connectivity index is 1.92. The van der Waals surface area contributed by atoms with Crippen LogP contribution in [0.15, 0.2) is 48.5 Å². The zero-order valence-electron chi connectivity index (χ0n) is 15.0. The lowest BCUT2D eigenvalue weighted by molar-refractivity contribution is -0.385. The molecule has 0 aliphatic carbocycles. The number of nitro groups is 1. The minimum Gasteiger partial charge on any atom is -0.490 e. The summed E-state index contributed by atoms with van der Waals surface area (Å²) in [6.07, 6.45) is 0. The van der Waals surface area contributed by atoms with E-state index in [9.17, 15) is 19.7 Å². The fourth-order valence-corrected chi connectivity index (χ4v) is 3.42. The van der Waals surface area contributed by atoms with E-state index < -0.39 is 10.8 Å². The van der Waals surface area contributed by atoms with Crippen LogP contribution in [0.5, 0.6) is 5.75 Å². The molecule has 0 saturated heterocycles. The van der Waals surface area contributed by atoms with Crippen molar-refractivity contribution in [2.45, 2.75) is 6.92 Å². The number of anilines is 1. The van der Waals surface area contributed by atoms with Gasteiger partial charge in [0.2, 0.25) is 0 Å². The van der Waals surface area contributed by atoms with Crippen molar-refractivity contribution in [1.29, 1.82) is 0 Å². The predicted octanol–water partition coefficient (Wildman–Crippen LogP) is 4.18. The molecule has 0 aliphatic rings. The Kier molecular flexibility index (Phi) is 5.46. The highest BCUT2D eigenvalue weighted by Gasteiger charge is 2.21. The van der Waals surface area contributed by atoms with Crippen LogP contribution < -0.4 is 10.1 Å². The van der Waals surface area contributed by atoms with Gasteiger partial charge in [0, 0.05) is 24.1 Å². The molecule has 0 fully saturated rings. The normalized spacial score (nSPS) is 10.4. The maximum absolute atomic E-state index is 12.5. The molecule has 2 aromatic carbocycles. The number of nitrogens with zero attached hydrogens (tertiary/aromatic N) is 2. The van der Waals surface area contributed by atoms with Crippen LogP contribution in [0.4, 0.5) is 10.8 Å². The molecule has 0 saturated carbocycles. The number of carbonyl (C=O) groups excluding carboxylic acids is 2. The average molecular weight is 397 g/mol. The van der Waals surface area contributed by atoms with Crippen LogP contribution in [0.1, 0.15) is 27.0 Å². The molecule has 1 heterocycles. The number of hydrogen-bond donors (Lipinski definition) is 1. The summed E-state index contributed by atoms with van der Waals surface area (Å²) in [6.45, 7) is 1.43. The fraction of sp³-hybridized carbons (Fsp3) is 0.105. The number of hydrogen-bond acceptors (Lipinski definition) is 7. The molecule has 1 aromatic heterocycles. The van der Waals surface area contributed by atoms with Gasteiger partial charge in [-0.3, -0.25) is 25.0 Å². The summed E-state index contributed by atoms with van der Waals surface area (Å²) in [5, 5.41) is 14.0. The second kappa shape index (κ2) is 7.97. The smallest absolute Gasteiger partial charge is 0.311 e. The summed E-state index contributed by atoms with van der Waals surface area (Å²) in [7, 11) is 1.31. The third kappa shape index (κ3) is 3.89. The summed E-state index contributed by atoms with van der Waals surface area (Å²) in [6, 6.07) is 13.0. The van der Waals surface area contributed by atoms with Gasteiger partial charge in [0.1, 0.15) is 0 Å². The van der Waals surface area contributed by atoms with Crippen LogP contribution >= 0.6 is 11.3 Å². The van der Waals surface area contributed by atoms with E-state index >= 15 is 0 Å². The Hall–Kier alpha value is -3.59. The van der Waals surface area contributed by atoms with E-state index in [0.29, 0.717) is 10.6 Å². The number of amides is 1. The summed E-state index contributed by atoms with van der Waals surface area (Å²) < 4.78 is 4.93. The van der Waals surface area contributed by atoms with Gasteiger partial charge in [-0.25, -0.2) is 4.98 Å². The van der Waals surface area contributed by atoms with E-state index in [-0.39, 0.29) is 27.9 Å². The predicted molar refractivity (Wildman–Crippen MR) is 105 cm³/mol. The molecule has 0 aliphatic heterocycles. The zero-order chi connectivity index (χ0) is 20.3. The van der Waals surface area contributed by atoms with Crippen LogP contribution in [0.2, 0.25) is 0 Å². The number of nitrogens with one attached hydrogen (secondary N) is 1. The number of Topliss-reactive ketones (excluding diaryl/α,β-unsaturated/α-hetero) is 1. The molecule has 0 spiro atoms. The highest BCUT2D eigenvalue weighted by Crippen LogP contribution is 2.32. The molecule has 0 unspecified atom stereocenters. The SMILES string of the molecule is COc1ccc(C(=O)Nc2nc(-c3ccccc3)c(C(C)=O)s2)cc1[N+](=O)[O-]. The number of nitro benzene ring substituents is 1. The van der Waals surface area contributed by atoms with E-state index in [4.69, 9.17) is 4.74 Å². The van der Waals surface area contributed by atoms with Gasteiger partial charge in [-0.05, 0) is 12.1 Å². The molecule has 1 N–H and O–H groups in total. The lowest BCUT2D eigenvalue weighted by Gasteiger charge is -2.05. The standard InChI is InChI=1S/C19H15N3O5S/c1-11(23)17-16(12-6-4-3-5-7-12)20-19(28-17)21-18(24)13-8-9-15(27-2)14(10-13)22(25)26/h3-10H,1-2H3,(H,20,21,24). The molecule has 142 valence electrons. The highest BCUT2D eigenvalue weighted by molar-refractivity contribution is 7.18. The lowest BCUT2D eigenvalue weighted by atomic mass is 10.1. The van der Waals surface area contributed by atoms with Gasteiger partial charge in [-0.15, -0.1) is 0 Å². The van der Waals surface area contributed by atoms with Crippen LogP contribution in [0.25, 0.3) is 11.3 Å². The van der Waals surface area contributed by atoms with Crippen molar-refractivity contribution in [3.63, 3.8) is 0 Å². The zero-order valence-corrected chi connectivity index (χ0v) is 15.8. The van der Waals surface area contributed by atoms with Crippen LogP contribution in [0, 0.1) is 10.1 Å². The molecule has 1 amide bonds. The van der Waals surface area contributed by atoms with Crippen molar-refractivity contribution in [3.8, 4) is 17.0 Å². The molecular weight excluding hydrogens is 382 g/mol. The first kappa shape index (κ1) is 19.2. The lowest BCUT2D eigenvalue weighted by Crippen LogP contribution is -2.12. The first-order valence-corrected chi connectivity index (χ1v) is 8.93. The number of thiazole rings is 1. The second-order valence-electron chi connectivity index (χ2n) is 5.72. The van der Waals surface area contributed by atoms with Gasteiger partial charge in [0.05, 0.1) is 22.6 Å². The average Bonchev–Trinajstić information content (AvgIpc) is 3.12. The van der Waals surface area contributed by atoms with Gasteiger partial charge in [0.25, 0.3) is 5.91 Å². The number of ether oxygens (including phenoxy) is 1. The Morgan fingerprint density at radius 2 is 1.89 bits per heavy atom. The number of aromatic nitrogens is 1. The molecule has 0 bridgehead atoms. The van der Waals surface area contributed by atoms with E-state index in [1.165, 1.54) is 26.2 Å². The van der Waals surface area contributed by atoms with Crippen LogP contribution in [-0.4, -0.2) is 28.7 Å². The Morgan fingerprint density at radius 3 is 2.50 bits per heavy atom. The Bertz CT molecular complexity index is 1060. The van der Waals surface area contributed by atoms with Crippen molar-refractivity contribution in [1.82, 2.24) is 4.98 Å². The fourth-order valence-electron chi connectivity index (χ4n) is 2.55. The third-order valence-electron chi connectivity index (χ3n) is 3.85. The number of methoxy groups -OCH3 is 1.